The minimum absolute atomic E-state index is 0.169. The highest BCUT2D eigenvalue weighted by Gasteiger charge is 2.06. The minimum Gasteiger partial charge on any atom is -0.506 e. The third kappa shape index (κ3) is 5.89. The fraction of sp³-hybridized carbons (Fsp3) is 0. The van der Waals surface area contributed by atoms with Crippen molar-refractivity contribution in [3.63, 3.8) is 0 Å². The Balaban J connectivity index is 0.000000306. The Bertz CT molecular complexity index is 779. The zero-order chi connectivity index (χ0) is 18.1. The van der Waals surface area contributed by atoms with Gasteiger partial charge in [0, 0.05) is 0 Å². The number of aromatic nitrogens is 3. The van der Waals surface area contributed by atoms with Gasteiger partial charge in [0.25, 0.3) is 0 Å². The molecular weight excluding hydrogens is 314 g/mol. The van der Waals surface area contributed by atoms with Crippen molar-refractivity contribution in [3.8, 4) is 11.4 Å². The average Bonchev–Trinajstić information content (AvgIpc) is 2.90. The van der Waals surface area contributed by atoms with Gasteiger partial charge in [0.15, 0.2) is 0 Å². The fourth-order valence-corrected chi connectivity index (χ4v) is 1.60. The van der Waals surface area contributed by atoms with Gasteiger partial charge in [-0.2, -0.15) is 0 Å². The molecule has 3 rings (SSSR count). The molecule has 0 atom stereocenters. The van der Waals surface area contributed by atoms with Crippen molar-refractivity contribution >= 4 is 23.1 Å². The molecule has 0 fully saturated rings. The van der Waals surface area contributed by atoms with Gasteiger partial charge in [0.1, 0.15) is 22.5 Å². The zero-order valence-corrected chi connectivity index (χ0v) is 12.5. The van der Waals surface area contributed by atoms with Crippen LogP contribution >= 0.6 is 0 Å². The van der Waals surface area contributed by atoms with Crippen LogP contribution < -0.4 is 22.9 Å². The van der Waals surface area contributed by atoms with Gasteiger partial charge in [0.2, 0.25) is 0 Å². The largest absolute Gasteiger partial charge is 0.506 e. The van der Waals surface area contributed by atoms with Crippen LogP contribution in [0.5, 0.6) is 5.75 Å². The second-order valence-electron chi connectivity index (χ2n) is 4.27. The van der Waals surface area contributed by atoms with Crippen molar-refractivity contribution in [3.05, 3.63) is 48.5 Å². The maximum atomic E-state index is 9.69. The van der Waals surface area contributed by atoms with Gasteiger partial charge in [-0.15, -0.1) is 15.0 Å². The van der Waals surface area contributed by atoms with Crippen molar-refractivity contribution in [1.82, 2.24) is 15.0 Å². The van der Waals surface area contributed by atoms with Gasteiger partial charge in [-0.05, 0) is 24.3 Å². The van der Waals surface area contributed by atoms with Crippen molar-refractivity contribution < 1.29 is 14.7 Å². The first-order valence-electron chi connectivity index (χ1n) is 6.51. The van der Waals surface area contributed by atoms with E-state index in [1.165, 1.54) is 4.80 Å². The molecule has 2 aromatic carbocycles. The Morgan fingerprint density at radius 1 is 0.792 bits per heavy atom. The number of fused-ring (bicyclic) bond motifs is 1. The fourth-order valence-electron chi connectivity index (χ4n) is 1.60. The van der Waals surface area contributed by atoms with E-state index < -0.39 is 12.1 Å². The van der Waals surface area contributed by atoms with E-state index in [0.717, 1.165) is 11.0 Å². The first kappa shape index (κ1) is 18.2. The number of phenols is 1. The van der Waals surface area contributed by atoms with Crippen LogP contribution in [0.3, 0.4) is 0 Å². The summed E-state index contributed by atoms with van der Waals surface area (Å²) >= 11 is 0. The average molecular weight is 331 g/mol. The molecule has 4 amide bonds. The van der Waals surface area contributed by atoms with E-state index in [4.69, 9.17) is 9.59 Å². The summed E-state index contributed by atoms with van der Waals surface area (Å²) in [6.07, 6.45) is 0. The molecule has 0 spiro atoms. The predicted octanol–water partition coefficient (Wildman–Crippen LogP) is 0.174. The maximum Gasteiger partial charge on any atom is 0.309 e. The van der Waals surface area contributed by atoms with Crippen LogP contribution in [-0.4, -0.2) is 32.2 Å². The second kappa shape index (κ2) is 8.58. The molecule has 126 valence electrons. The summed E-state index contributed by atoms with van der Waals surface area (Å²) in [6, 6.07) is 12.9. The SMILES string of the molecule is NC(N)=O.NC(N)=O.Oc1ccccc1-n1nc2ccccc2n1. The first-order chi connectivity index (χ1) is 11.3. The standard InChI is InChI=1S/C12H9N3O.2CH4N2O/c16-12-8-4-3-7-11(12)15-13-9-5-1-2-6-10(9)14-15;2*2-1(3)4/h1-8,16H;2*(H4,2,3,4). The van der Waals surface area contributed by atoms with E-state index in [9.17, 15) is 5.11 Å². The van der Waals surface area contributed by atoms with Crippen LogP contribution in [-0.2, 0) is 0 Å². The molecule has 9 N–H and O–H groups in total. The molecule has 1 aromatic heterocycles. The molecule has 1 heterocycles. The summed E-state index contributed by atoms with van der Waals surface area (Å²) in [5.74, 6) is 0.169. The number of carbonyl (C=O) groups is 2. The molecule has 3 aromatic rings. The molecule has 0 saturated carbocycles. The lowest BCUT2D eigenvalue weighted by Crippen LogP contribution is -2.18. The van der Waals surface area contributed by atoms with Gasteiger partial charge < -0.3 is 28.0 Å². The molecule has 0 saturated heterocycles. The third-order valence-electron chi connectivity index (χ3n) is 2.38. The number of primary amides is 4. The van der Waals surface area contributed by atoms with Gasteiger partial charge in [-0.1, -0.05) is 24.3 Å². The molecule has 10 nitrogen and oxygen atoms in total. The van der Waals surface area contributed by atoms with Gasteiger partial charge in [0.05, 0.1) is 0 Å². The lowest BCUT2D eigenvalue weighted by Gasteiger charge is -2.00. The number of carbonyl (C=O) groups excluding carboxylic acids is 2. The molecule has 24 heavy (non-hydrogen) atoms. The molecule has 0 aliphatic carbocycles. The van der Waals surface area contributed by atoms with Crippen LogP contribution in [0, 0.1) is 0 Å². The summed E-state index contributed by atoms with van der Waals surface area (Å²) in [5, 5.41) is 18.3. The number of hydrogen-bond donors (Lipinski definition) is 5. The number of nitrogens with two attached hydrogens (primary N) is 4. The summed E-state index contributed by atoms with van der Waals surface area (Å²) in [5.41, 5.74) is 19.2. The van der Waals surface area contributed by atoms with Crippen LogP contribution in [0.2, 0.25) is 0 Å². The van der Waals surface area contributed by atoms with Crippen molar-refractivity contribution in [2.24, 2.45) is 22.9 Å². The Hall–Kier alpha value is -3.82. The van der Waals surface area contributed by atoms with Gasteiger partial charge in [-0.3, -0.25) is 0 Å². The molecule has 0 unspecified atom stereocenters. The Morgan fingerprint density at radius 2 is 1.17 bits per heavy atom. The Labute approximate surface area is 136 Å². The van der Waals surface area contributed by atoms with Gasteiger partial charge >= 0.3 is 12.1 Å². The molecule has 0 aliphatic heterocycles. The van der Waals surface area contributed by atoms with Crippen LogP contribution in [0.4, 0.5) is 9.59 Å². The topological polar surface area (TPSA) is 189 Å². The lowest BCUT2D eigenvalue weighted by atomic mass is 10.3. The highest BCUT2D eigenvalue weighted by Crippen LogP contribution is 2.20. The van der Waals surface area contributed by atoms with Crippen LogP contribution in [0.15, 0.2) is 48.5 Å². The molecule has 0 radical (unpaired) electrons. The molecule has 10 heteroatoms. The monoisotopic (exact) mass is 331 g/mol. The number of nitrogens with zero attached hydrogens (tertiary/aromatic N) is 3. The molecule has 0 bridgehead atoms. The Morgan fingerprint density at radius 3 is 1.58 bits per heavy atom. The summed E-state index contributed by atoms with van der Waals surface area (Å²) < 4.78 is 0. The van der Waals surface area contributed by atoms with Crippen molar-refractivity contribution in [1.29, 1.82) is 0 Å². The van der Waals surface area contributed by atoms with Gasteiger partial charge in [-0.25, -0.2) is 9.59 Å². The van der Waals surface area contributed by atoms with Crippen molar-refractivity contribution in [2.75, 3.05) is 0 Å². The third-order valence-corrected chi connectivity index (χ3v) is 2.38. The number of hydrogen-bond acceptors (Lipinski definition) is 5. The number of benzene rings is 2. The molecule has 0 aliphatic rings. The van der Waals surface area contributed by atoms with E-state index in [0.29, 0.717) is 5.69 Å². The van der Waals surface area contributed by atoms with Crippen molar-refractivity contribution in [2.45, 2.75) is 0 Å². The van der Waals surface area contributed by atoms with Crippen LogP contribution in [0.25, 0.3) is 16.7 Å². The quantitative estimate of drug-likeness (QED) is 0.424. The van der Waals surface area contributed by atoms with Crippen LogP contribution in [0.1, 0.15) is 0 Å². The normalized spacial score (nSPS) is 9.17. The Kier molecular flexibility index (Phi) is 6.52. The maximum absolute atomic E-state index is 9.69. The molecular formula is C14H17N7O3. The lowest BCUT2D eigenvalue weighted by molar-refractivity contribution is 0.255. The smallest absolute Gasteiger partial charge is 0.309 e. The van der Waals surface area contributed by atoms with E-state index in [1.807, 2.05) is 30.3 Å². The highest BCUT2D eigenvalue weighted by atomic mass is 16.3. The van der Waals surface area contributed by atoms with E-state index in [-0.39, 0.29) is 5.75 Å². The number of para-hydroxylation sites is 2. The number of rotatable bonds is 1. The summed E-state index contributed by atoms with van der Waals surface area (Å²) in [4.78, 5) is 19.4. The van der Waals surface area contributed by atoms with E-state index >= 15 is 0 Å². The predicted molar refractivity (Wildman–Crippen MR) is 88.1 cm³/mol. The van der Waals surface area contributed by atoms with E-state index in [2.05, 4.69) is 33.1 Å². The zero-order valence-electron chi connectivity index (χ0n) is 12.5. The first-order valence-corrected chi connectivity index (χ1v) is 6.51. The highest BCUT2D eigenvalue weighted by molar-refractivity contribution is 5.73. The number of urea groups is 2. The van der Waals surface area contributed by atoms with E-state index in [1.54, 1.807) is 18.2 Å². The second-order valence-corrected chi connectivity index (χ2v) is 4.27. The number of phenolic OH excluding ortho intramolecular Hbond substituents is 1. The minimum atomic E-state index is -0.833. The summed E-state index contributed by atoms with van der Waals surface area (Å²) in [6.45, 7) is 0. The number of amides is 4. The number of aromatic hydroxyl groups is 1. The summed E-state index contributed by atoms with van der Waals surface area (Å²) in [7, 11) is 0.